The fourth-order valence-corrected chi connectivity index (χ4v) is 8.62. The summed E-state index contributed by atoms with van der Waals surface area (Å²) in [6, 6.07) is 65.2. The van der Waals surface area contributed by atoms with Gasteiger partial charge < -0.3 is 8.83 Å². The first kappa shape index (κ1) is 32.4. The van der Waals surface area contributed by atoms with Crippen LogP contribution in [0.25, 0.3) is 122 Å². The molecule has 3 heterocycles. The fourth-order valence-electron chi connectivity index (χ4n) is 8.62. The lowest BCUT2D eigenvalue weighted by molar-refractivity contribution is 0.668. The van der Waals surface area contributed by atoms with Crippen molar-refractivity contribution in [3.63, 3.8) is 0 Å². The Morgan fingerprint density at radius 1 is 0.276 bits per heavy atom. The molecule has 270 valence electrons. The van der Waals surface area contributed by atoms with Gasteiger partial charge in [0.2, 0.25) is 0 Å². The number of benzene rings is 9. The molecule has 5 heteroatoms. The second-order valence-electron chi connectivity index (χ2n) is 14.7. The van der Waals surface area contributed by atoms with Gasteiger partial charge in [0.15, 0.2) is 17.5 Å². The number of hydrogen-bond acceptors (Lipinski definition) is 5. The monoisotopic (exact) mass is 741 g/mol. The molecule has 0 spiro atoms. The van der Waals surface area contributed by atoms with Gasteiger partial charge in [-0.2, -0.15) is 0 Å². The van der Waals surface area contributed by atoms with E-state index in [0.29, 0.717) is 17.5 Å². The predicted octanol–water partition coefficient (Wildman–Crippen LogP) is 14.3. The maximum atomic E-state index is 6.30. The Hall–Kier alpha value is -7.89. The zero-order chi connectivity index (χ0) is 38.2. The highest BCUT2D eigenvalue weighted by molar-refractivity contribution is 6.19. The lowest BCUT2D eigenvalue weighted by Crippen LogP contribution is -2.01. The summed E-state index contributed by atoms with van der Waals surface area (Å²) in [6.45, 7) is 0. The Labute approximate surface area is 332 Å². The van der Waals surface area contributed by atoms with Gasteiger partial charge in [-0.15, -0.1) is 0 Å². The molecule has 0 atom stereocenters. The smallest absolute Gasteiger partial charge is 0.164 e. The fraction of sp³-hybridized carbons (Fsp3) is 0. The van der Waals surface area contributed by atoms with Gasteiger partial charge in [0.05, 0.1) is 0 Å². The van der Waals surface area contributed by atoms with E-state index >= 15 is 0 Å². The molecule has 0 saturated carbocycles. The zero-order valence-corrected chi connectivity index (χ0v) is 31.1. The first-order chi connectivity index (χ1) is 28.7. The first-order valence-corrected chi connectivity index (χ1v) is 19.4. The number of para-hydroxylation sites is 2. The molecule has 0 aliphatic heterocycles. The molecule has 9 aromatic carbocycles. The number of nitrogens with zero attached hydrogens (tertiary/aromatic N) is 3. The number of aromatic nitrogens is 3. The second-order valence-corrected chi connectivity index (χ2v) is 14.7. The van der Waals surface area contributed by atoms with E-state index in [9.17, 15) is 0 Å². The summed E-state index contributed by atoms with van der Waals surface area (Å²) in [5, 5.41) is 8.80. The van der Waals surface area contributed by atoms with Gasteiger partial charge in [-0.3, -0.25) is 0 Å². The molecular formula is C53H31N3O2. The van der Waals surface area contributed by atoms with Gasteiger partial charge in [0, 0.05) is 38.2 Å². The van der Waals surface area contributed by atoms with E-state index in [1.54, 1.807) is 0 Å². The minimum Gasteiger partial charge on any atom is -0.456 e. The Balaban J connectivity index is 1.04. The van der Waals surface area contributed by atoms with Gasteiger partial charge in [0.1, 0.15) is 22.3 Å². The van der Waals surface area contributed by atoms with E-state index in [-0.39, 0.29) is 0 Å². The van der Waals surface area contributed by atoms with Gasteiger partial charge >= 0.3 is 0 Å². The first-order valence-electron chi connectivity index (χ1n) is 19.4. The molecule has 0 fully saturated rings. The lowest BCUT2D eigenvalue weighted by Gasteiger charge is -2.14. The van der Waals surface area contributed by atoms with Crippen LogP contribution in [0.2, 0.25) is 0 Å². The predicted molar refractivity (Wildman–Crippen MR) is 237 cm³/mol. The molecule has 58 heavy (non-hydrogen) atoms. The Bertz CT molecular complexity index is 3570. The topological polar surface area (TPSA) is 65.0 Å². The summed E-state index contributed by atoms with van der Waals surface area (Å²) in [5.74, 6) is 1.79. The van der Waals surface area contributed by atoms with Crippen LogP contribution in [0.5, 0.6) is 0 Å². The van der Waals surface area contributed by atoms with Crippen LogP contribution in [0.4, 0.5) is 0 Å². The van der Waals surface area contributed by atoms with Gasteiger partial charge in [-0.1, -0.05) is 152 Å². The summed E-state index contributed by atoms with van der Waals surface area (Å²) in [4.78, 5) is 15.7. The van der Waals surface area contributed by atoms with E-state index in [1.807, 2.05) is 48.5 Å². The average Bonchev–Trinajstić information content (AvgIpc) is 3.88. The Morgan fingerprint density at radius 2 is 0.810 bits per heavy atom. The van der Waals surface area contributed by atoms with E-state index in [2.05, 4.69) is 140 Å². The molecule has 12 aromatic rings. The molecular weight excluding hydrogens is 711 g/mol. The number of fused-ring (bicyclic) bond motifs is 9. The number of furan rings is 2. The highest BCUT2D eigenvalue weighted by Crippen LogP contribution is 2.41. The maximum Gasteiger partial charge on any atom is 0.164 e. The molecule has 0 aliphatic carbocycles. The van der Waals surface area contributed by atoms with E-state index in [1.165, 1.54) is 5.39 Å². The Kier molecular flexibility index (Phi) is 7.16. The van der Waals surface area contributed by atoms with Crippen LogP contribution in [-0.4, -0.2) is 15.0 Å². The third kappa shape index (κ3) is 5.14. The number of hydrogen-bond donors (Lipinski definition) is 0. The summed E-state index contributed by atoms with van der Waals surface area (Å²) >= 11 is 0. The zero-order valence-electron chi connectivity index (χ0n) is 31.1. The normalized spacial score (nSPS) is 11.8. The largest absolute Gasteiger partial charge is 0.456 e. The highest BCUT2D eigenvalue weighted by atomic mass is 16.3. The SMILES string of the molecule is c1ccc(-c2ccc(-c3nc(-c4ccc(-c5ccc6c(ccc7oc8ccccc8c76)c5)c5ccccc45)nc(-c4cccc5oc6ccccc6c45)n3)cc2)cc1. The van der Waals surface area contributed by atoms with Crippen LogP contribution < -0.4 is 0 Å². The van der Waals surface area contributed by atoms with Crippen molar-refractivity contribution in [2.24, 2.45) is 0 Å². The van der Waals surface area contributed by atoms with Crippen molar-refractivity contribution in [3.05, 3.63) is 188 Å². The van der Waals surface area contributed by atoms with Crippen LogP contribution >= 0.6 is 0 Å². The van der Waals surface area contributed by atoms with Crippen LogP contribution in [0, 0.1) is 0 Å². The van der Waals surface area contributed by atoms with Crippen LogP contribution in [-0.2, 0) is 0 Å². The summed E-state index contributed by atoms with van der Waals surface area (Å²) in [6.07, 6.45) is 0. The quantitative estimate of drug-likeness (QED) is 0.176. The van der Waals surface area contributed by atoms with E-state index < -0.39 is 0 Å². The minimum absolute atomic E-state index is 0.588. The third-order valence-corrected chi connectivity index (χ3v) is 11.4. The van der Waals surface area contributed by atoms with Crippen molar-refractivity contribution in [1.29, 1.82) is 0 Å². The van der Waals surface area contributed by atoms with E-state index in [0.717, 1.165) is 99.0 Å². The van der Waals surface area contributed by atoms with Crippen molar-refractivity contribution in [2.75, 3.05) is 0 Å². The standard InChI is InChI=1S/C53H31N3O2/c1-2-11-32(12-3-1)33-21-23-34(24-22-33)51-54-52(56-53(55-51)44-17-10-20-47-50(44)43-16-7-9-19-46(43)57-47)41-29-28-37(39-13-4-5-14-40(39)41)35-25-27-38-36(31-35)26-30-48-49(38)42-15-6-8-18-45(42)58-48/h1-31H. The van der Waals surface area contributed by atoms with Crippen molar-refractivity contribution >= 4 is 65.4 Å². The van der Waals surface area contributed by atoms with Gasteiger partial charge in [0.25, 0.3) is 0 Å². The summed E-state index contributed by atoms with van der Waals surface area (Å²) < 4.78 is 12.5. The molecule has 3 aromatic heterocycles. The molecule has 0 saturated heterocycles. The van der Waals surface area contributed by atoms with Crippen molar-refractivity contribution in [2.45, 2.75) is 0 Å². The van der Waals surface area contributed by atoms with Gasteiger partial charge in [-0.25, -0.2) is 15.0 Å². The maximum absolute atomic E-state index is 6.30. The molecule has 0 unspecified atom stereocenters. The molecule has 0 N–H and O–H groups in total. The van der Waals surface area contributed by atoms with E-state index in [4.69, 9.17) is 23.8 Å². The lowest BCUT2D eigenvalue weighted by atomic mass is 9.92. The van der Waals surface area contributed by atoms with Crippen LogP contribution in [0.3, 0.4) is 0 Å². The Morgan fingerprint density at radius 3 is 1.57 bits per heavy atom. The van der Waals surface area contributed by atoms with Crippen molar-refractivity contribution in [3.8, 4) is 56.4 Å². The molecule has 0 aliphatic rings. The highest BCUT2D eigenvalue weighted by Gasteiger charge is 2.20. The number of rotatable bonds is 5. The molecule has 0 bridgehead atoms. The summed E-state index contributed by atoms with van der Waals surface area (Å²) in [7, 11) is 0. The minimum atomic E-state index is 0.588. The molecule has 5 nitrogen and oxygen atoms in total. The molecule has 12 rings (SSSR count). The average molecular weight is 742 g/mol. The van der Waals surface area contributed by atoms with Crippen molar-refractivity contribution in [1.82, 2.24) is 15.0 Å². The van der Waals surface area contributed by atoms with Gasteiger partial charge in [-0.05, 0) is 80.2 Å². The molecule has 0 radical (unpaired) electrons. The second kappa shape index (κ2) is 12.8. The molecule has 0 amide bonds. The van der Waals surface area contributed by atoms with Crippen molar-refractivity contribution < 1.29 is 8.83 Å². The third-order valence-electron chi connectivity index (χ3n) is 11.4. The van der Waals surface area contributed by atoms with Crippen LogP contribution in [0.1, 0.15) is 0 Å². The van der Waals surface area contributed by atoms with Crippen LogP contribution in [0.15, 0.2) is 197 Å². The summed E-state index contributed by atoms with van der Waals surface area (Å²) in [5.41, 5.74) is 10.7.